The first-order valence-corrected chi connectivity index (χ1v) is 5.95. The summed E-state index contributed by atoms with van der Waals surface area (Å²) in [4.78, 5) is 4.03. The van der Waals surface area contributed by atoms with E-state index in [0.29, 0.717) is 6.04 Å². The van der Waals surface area contributed by atoms with Crippen LogP contribution in [0.15, 0.2) is 48.8 Å². The van der Waals surface area contributed by atoms with E-state index in [-0.39, 0.29) is 0 Å². The highest BCUT2D eigenvalue weighted by Gasteiger charge is 2.04. The van der Waals surface area contributed by atoms with Gasteiger partial charge < -0.3 is 5.32 Å². The Kier molecular flexibility index (Phi) is 3.89. The minimum absolute atomic E-state index is 0.345. The van der Waals surface area contributed by atoms with Gasteiger partial charge in [0.15, 0.2) is 0 Å². The Bertz CT molecular complexity index is 465. The van der Waals surface area contributed by atoms with Gasteiger partial charge in [-0.25, -0.2) is 0 Å². The van der Waals surface area contributed by atoms with E-state index in [9.17, 15) is 0 Å². The van der Waals surface area contributed by atoms with E-state index in [1.807, 2.05) is 12.4 Å². The van der Waals surface area contributed by atoms with Crippen LogP contribution in [0.2, 0.25) is 0 Å². The van der Waals surface area contributed by atoms with Crippen molar-refractivity contribution in [3.8, 4) is 0 Å². The van der Waals surface area contributed by atoms with Crippen LogP contribution in [0.5, 0.6) is 0 Å². The molecule has 1 unspecified atom stereocenters. The fourth-order valence-electron chi connectivity index (χ4n) is 1.84. The molecule has 1 aromatic carbocycles. The van der Waals surface area contributed by atoms with Crippen LogP contribution in [-0.2, 0) is 6.54 Å². The summed E-state index contributed by atoms with van der Waals surface area (Å²) in [5.41, 5.74) is 3.96. The minimum Gasteiger partial charge on any atom is -0.306 e. The summed E-state index contributed by atoms with van der Waals surface area (Å²) in [6, 6.07) is 12.9. The average molecular weight is 226 g/mol. The number of pyridine rings is 1. The molecule has 0 saturated carbocycles. The second-order valence-electron chi connectivity index (χ2n) is 4.31. The maximum absolute atomic E-state index is 4.03. The van der Waals surface area contributed by atoms with Crippen molar-refractivity contribution in [3.63, 3.8) is 0 Å². The Morgan fingerprint density at radius 2 is 1.82 bits per heavy atom. The Morgan fingerprint density at radius 3 is 2.53 bits per heavy atom. The summed E-state index contributed by atoms with van der Waals surface area (Å²) in [5.74, 6) is 0. The van der Waals surface area contributed by atoms with Gasteiger partial charge in [0, 0.05) is 25.0 Å². The van der Waals surface area contributed by atoms with E-state index in [4.69, 9.17) is 0 Å². The molecular weight excluding hydrogens is 208 g/mol. The van der Waals surface area contributed by atoms with Crippen molar-refractivity contribution in [3.05, 3.63) is 65.5 Å². The molecule has 0 saturated heterocycles. The molecule has 0 aliphatic heterocycles. The molecule has 2 heteroatoms. The van der Waals surface area contributed by atoms with Gasteiger partial charge in [0.05, 0.1) is 0 Å². The van der Waals surface area contributed by atoms with Gasteiger partial charge in [0.25, 0.3) is 0 Å². The van der Waals surface area contributed by atoms with Crippen LogP contribution >= 0.6 is 0 Å². The molecule has 1 N–H and O–H groups in total. The molecule has 2 aromatic rings. The molecule has 2 rings (SSSR count). The largest absolute Gasteiger partial charge is 0.306 e. The Morgan fingerprint density at radius 1 is 1.12 bits per heavy atom. The van der Waals surface area contributed by atoms with E-state index in [1.165, 1.54) is 16.7 Å². The van der Waals surface area contributed by atoms with Crippen LogP contribution < -0.4 is 5.32 Å². The summed E-state index contributed by atoms with van der Waals surface area (Å²) in [7, 11) is 0. The third-order valence-electron chi connectivity index (χ3n) is 3.07. The van der Waals surface area contributed by atoms with E-state index < -0.39 is 0 Å². The van der Waals surface area contributed by atoms with E-state index >= 15 is 0 Å². The Labute approximate surface area is 103 Å². The van der Waals surface area contributed by atoms with Crippen molar-refractivity contribution in [2.24, 2.45) is 0 Å². The summed E-state index contributed by atoms with van der Waals surface area (Å²) >= 11 is 0. The molecule has 17 heavy (non-hydrogen) atoms. The molecule has 1 aromatic heterocycles. The number of hydrogen-bond donors (Lipinski definition) is 1. The van der Waals surface area contributed by atoms with E-state index in [2.05, 4.69) is 60.5 Å². The fraction of sp³-hybridized carbons (Fsp3) is 0.267. The Hall–Kier alpha value is -1.67. The number of hydrogen-bond acceptors (Lipinski definition) is 2. The zero-order chi connectivity index (χ0) is 12.1. The van der Waals surface area contributed by atoms with Gasteiger partial charge in [-0.15, -0.1) is 0 Å². The number of aryl methyl sites for hydroxylation is 1. The quantitative estimate of drug-likeness (QED) is 0.865. The number of nitrogens with zero attached hydrogens (tertiary/aromatic N) is 1. The normalized spacial score (nSPS) is 12.4. The fourth-order valence-corrected chi connectivity index (χ4v) is 1.84. The number of benzene rings is 1. The summed E-state index contributed by atoms with van der Waals surface area (Å²) in [5, 5.41) is 3.53. The lowest BCUT2D eigenvalue weighted by Gasteiger charge is -2.15. The van der Waals surface area contributed by atoms with Crippen molar-refractivity contribution < 1.29 is 0 Å². The molecular formula is C15H18N2. The van der Waals surface area contributed by atoms with Gasteiger partial charge in [-0.1, -0.05) is 24.3 Å². The summed E-state index contributed by atoms with van der Waals surface area (Å²) in [6.45, 7) is 5.22. The number of rotatable bonds is 4. The first kappa shape index (κ1) is 11.8. The predicted molar refractivity (Wildman–Crippen MR) is 70.7 cm³/mol. The number of nitrogens with one attached hydrogen (secondary N) is 1. The van der Waals surface area contributed by atoms with Gasteiger partial charge >= 0.3 is 0 Å². The molecule has 1 atom stereocenters. The molecule has 0 radical (unpaired) electrons. The third kappa shape index (κ3) is 3.14. The Balaban J connectivity index is 1.97. The molecule has 0 bridgehead atoms. The SMILES string of the molecule is Cc1ccccc1CNC(C)c1ccncc1. The molecule has 0 spiro atoms. The molecule has 2 nitrogen and oxygen atoms in total. The third-order valence-corrected chi connectivity index (χ3v) is 3.07. The first-order chi connectivity index (χ1) is 8.27. The van der Waals surface area contributed by atoms with Gasteiger partial charge in [-0.05, 0) is 42.7 Å². The monoisotopic (exact) mass is 226 g/mol. The molecule has 0 fully saturated rings. The second kappa shape index (κ2) is 5.60. The van der Waals surface area contributed by atoms with Gasteiger partial charge in [0.2, 0.25) is 0 Å². The average Bonchev–Trinajstić information content (AvgIpc) is 2.38. The highest BCUT2D eigenvalue weighted by Crippen LogP contribution is 2.13. The molecule has 0 aliphatic rings. The van der Waals surface area contributed by atoms with Crippen LogP contribution in [0.4, 0.5) is 0 Å². The van der Waals surface area contributed by atoms with Gasteiger partial charge in [-0.3, -0.25) is 4.98 Å². The lowest BCUT2D eigenvalue weighted by molar-refractivity contribution is 0.573. The zero-order valence-electron chi connectivity index (χ0n) is 10.4. The highest BCUT2D eigenvalue weighted by atomic mass is 14.9. The number of aromatic nitrogens is 1. The lowest BCUT2D eigenvalue weighted by atomic mass is 10.1. The van der Waals surface area contributed by atoms with Crippen LogP contribution in [0, 0.1) is 6.92 Å². The molecule has 0 aliphatic carbocycles. The van der Waals surface area contributed by atoms with Crippen LogP contribution in [0.3, 0.4) is 0 Å². The zero-order valence-corrected chi connectivity index (χ0v) is 10.4. The summed E-state index contributed by atoms with van der Waals surface area (Å²) in [6.07, 6.45) is 3.67. The molecule has 1 heterocycles. The maximum Gasteiger partial charge on any atom is 0.0296 e. The maximum atomic E-state index is 4.03. The van der Waals surface area contributed by atoms with Crippen LogP contribution in [0.25, 0.3) is 0 Å². The topological polar surface area (TPSA) is 24.9 Å². The standard InChI is InChI=1S/C15H18N2/c1-12-5-3-4-6-15(12)11-17-13(2)14-7-9-16-10-8-14/h3-10,13,17H,11H2,1-2H3. The lowest BCUT2D eigenvalue weighted by Crippen LogP contribution is -2.18. The van der Waals surface area contributed by atoms with E-state index in [1.54, 1.807) is 0 Å². The summed E-state index contributed by atoms with van der Waals surface area (Å²) < 4.78 is 0. The second-order valence-corrected chi connectivity index (χ2v) is 4.31. The first-order valence-electron chi connectivity index (χ1n) is 5.95. The molecule has 0 amide bonds. The van der Waals surface area contributed by atoms with Crippen molar-refractivity contribution in [2.45, 2.75) is 26.4 Å². The van der Waals surface area contributed by atoms with Crippen molar-refractivity contribution in [1.82, 2.24) is 10.3 Å². The van der Waals surface area contributed by atoms with Crippen LogP contribution in [-0.4, -0.2) is 4.98 Å². The molecule has 88 valence electrons. The van der Waals surface area contributed by atoms with Gasteiger partial charge in [-0.2, -0.15) is 0 Å². The highest BCUT2D eigenvalue weighted by molar-refractivity contribution is 5.25. The minimum atomic E-state index is 0.345. The smallest absolute Gasteiger partial charge is 0.0296 e. The van der Waals surface area contributed by atoms with E-state index in [0.717, 1.165) is 6.54 Å². The van der Waals surface area contributed by atoms with Crippen molar-refractivity contribution >= 4 is 0 Å². The van der Waals surface area contributed by atoms with Gasteiger partial charge in [0.1, 0.15) is 0 Å². The van der Waals surface area contributed by atoms with Crippen molar-refractivity contribution in [1.29, 1.82) is 0 Å². The van der Waals surface area contributed by atoms with Crippen LogP contribution in [0.1, 0.15) is 29.7 Å². The van der Waals surface area contributed by atoms with Crippen molar-refractivity contribution in [2.75, 3.05) is 0 Å². The predicted octanol–water partition coefficient (Wildman–Crippen LogP) is 3.24.